The van der Waals surface area contributed by atoms with Gasteiger partial charge in [0, 0.05) is 18.9 Å². The predicted octanol–water partition coefficient (Wildman–Crippen LogP) is 1.34. The fourth-order valence-corrected chi connectivity index (χ4v) is 1.99. The molecule has 112 valence electrons. The second-order valence-corrected chi connectivity index (χ2v) is 4.93. The van der Waals surface area contributed by atoms with Gasteiger partial charge in [-0.25, -0.2) is 9.37 Å². The van der Waals surface area contributed by atoms with Crippen molar-refractivity contribution in [2.45, 2.75) is 13.0 Å². The van der Waals surface area contributed by atoms with Crippen molar-refractivity contribution in [3.05, 3.63) is 53.9 Å². The maximum Gasteiger partial charge on any atom is 0.234 e. The zero-order valence-corrected chi connectivity index (χ0v) is 12.0. The van der Waals surface area contributed by atoms with Gasteiger partial charge in [-0.15, -0.1) is 0 Å². The third-order valence-electron chi connectivity index (χ3n) is 3.04. The van der Waals surface area contributed by atoms with Crippen LogP contribution in [0.5, 0.6) is 0 Å². The zero-order valence-electron chi connectivity index (χ0n) is 12.0. The molecule has 0 bridgehead atoms. The van der Waals surface area contributed by atoms with E-state index in [2.05, 4.69) is 15.3 Å². The average Bonchev–Trinajstić information content (AvgIpc) is 2.93. The molecule has 1 heterocycles. The minimum Gasteiger partial charge on any atom is -0.355 e. The van der Waals surface area contributed by atoms with E-state index in [-0.39, 0.29) is 11.7 Å². The predicted molar refractivity (Wildman–Crippen MR) is 78.0 cm³/mol. The summed E-state index contributed by atoms with van der Waals surface area (Å²) >= 11 is 0. The minimum atomic E-state index is -0.248. The molecule has 0 radical (unpaired) electrons. The van der Waals surface area contributed by atoms with Crippen LogP contribution in [0.15, 0.2) is 36.7 Å². The van der Waals surface area contributed by atoms with Crippen molar-refractivity contribution in [2.75, 3.05) is 20.1 Å². The van der Waals surface area contributed by atoms with Gasteiger partial charge in [-0.05, 0) is 31.2 Å². The third kappa shape index (κ3) is 5.35. The Hall–Kier alpha value is -2.21. The number of imidazole rings is 1. The summed E-state index contributed by atoms with van der Waals surface area (Å²) in [4.78, 5) is 20.8. The van der Waals surface area contributed by atoms with Crippen LogP contribution in [-0.4, -0.2) is 40.9 Å². The average molecular weight is 290 g/mol. The van der Waals surface area contributed by atoms with Gasteiger partial charge in [-0.1, -0.05) is 12.1 Å². The first kappa shape index (κ1) is 15.2. The van der Waals surface area contributed by atoms with E-state index in [4.69, 9.17) is 0 Å². The molecule has 0 spiro atoms. The zero-order chi connectivity index (χ0) is 15.1. The van der Waals surface area contributed by atoms with E-state index in [1.165, 1.54) is 12.1 Å². The number of nitrogens with one attached hydrogen (secondary N) is 2. The van der Waals surface area contributed by atoms with E-state index in [9.17, 15) is 9.18 Å². The Morgan fingerprint density at radius 1 is 1.38 bits per heavy atom. The number of rotatable bonds is 7. The number of aromatic nitrogens is 2. The topological polar surface area (TPSA) is 61.0 Å². The summed E-state index contributed by atoms with van der Waals surface area (Å²) in [6.07, 6.45) is 4.13. The largest absolute Gasteiger partial charge is 0.355 e. The fraction of sp³-hybridized carbons (Fsp3) is 0.333. The molecule has 2 rings (SSSR count). The molecule has 1 aromatic heterocycles. The van der Waals surface area contributed by atoms with E-state index in [0.717, 1.165) is 11.4 Å². The molecule has 0 aliphatic carbocycles. The van der Waals surface area contributed by atoms with Gasteiger partial charge in [0.2, 0.25) is 5.91 Å². The highest BCUT2D eigenvalue weighted by Gasteiger charge is 2.07. The van der Waals surface area contributed by atoms with Gasteiger partial charge in [0.05, 0.1) is 13.1 Å². The summed E-state index contributed by atoms with van der Waals surface area (Å²) < 4.78 is 12.8. The standard InChI is InChI=1S/C15H19FN4O/c1-20(10-14-17-8-9-18-14)11-15(21)19-7-6-12-2-4-13(16)5-3-12/h2-5,8-9H,6-7,10-11H2,1H3,(H,17,18)(H,19,21). The monoisotopic (exact) mass is 290 g/mol. The molecule has 6 heteroatoms. The Morgan fingerprint density at radius 3 is 2.81 bits per heavy atom. The highest BCUT2D eigenvalue weighted by atomic mass is 19.1. The van der Waals surface area contributed by atoms with Crippen LogP contribution in [-0.2, 0) is 17.8 Å². The summed E-state index contributed by atoms with van der Waals surface area (Å²) in [6.45, 7) is 1.45. The van der Waals surface area contributed by atoms with E-state index < -0.39 is 0 Å². The number of likely N-dealkylation sites (N-methyl/N-ethyl adjacent to an activating group) is 1. The molecule has 0 saturated carbocycles. The summed E-state index contributed by atoms with van der Waals surface area (Å²) in [5.41, 5.74) is 1.00. The van der Waals surface area contributed by atoms with Crippen LogP contribution in [0, 0.1) is 5.82 Å². The lowest BCUT2D eigenvalue weighted by Gasteiger charge is -2.14. The highest BCUT2D eigenvalue weighted by Crippen LogP contribution is 2.02. The van der Waals surface area contributed by atoms with Gasteiger partial charge in [0.25, 0.3) is 0 Å². The molecule has 0 saturated heterocycles. The minimum absolute atomic E-state index is 0.0360. The van der Waals surface area contributed by atoms with Crippen LogP contribution in [0.1, 0.15) is 11.4 Å². The first-order valence-electron chi connectivity index (χ1n) is 6.81. The molecule has 0 unspecified atom stereocenters. The van der Waals surface area contributed by atoms with Gasteiger partial charge in [0.1, 0.15) is 11.6 Å². The van der Waals surface area contributed by atoms with Crippen molar-refractivity contribution in [1.29, 1.82) is 0 Å². The number of benzene rings is 1. The Labute approximate surface area is 123 Å². The molecule has 0 aliphatic heterocycles. The van der Waals surface area contributed by atoms with Crippen molar-refractivity contribution in [1.82, 2.24) is 20.2 Å². The quantitative estimate of drug-likeness (QED) is 0.809. The first-order valence-corrected chi connectivity index (χ1v) is 6.81. The second kappa shape index (κ2) is 7.54. The fourth-order valence-electron chi connectivity index (χ4n) is 1.99. The maximum absolute atomic E-state index is 12.8. The van der Waals surface area contributed by atoms with Crippen LogP contribution in [0.25, 0.3) is 0 Å². The molecule has 0 atom stereocenters. The number of hydrogen-bond acceptors (Lipinski definition) is 3. The lowest BCUT2D eigenvalue weighted by Crippen LogP contribution is -2.36. The summed E-state index contributed by atoms with van der Waals surface area (Å²) in [5, 5.41) is 2.85. The number of halogens is 1. The molecule has 5 nitrogen and oxygen atoms in total. The molecule has 1 aromatic carbocycles. The van der Waals surface area contributed by atoms with E-state index in [1.807, 2.05) is 11.9 Å². The van der Waals surface area contributed by atoms with E-state index >= 15 is 0 Å². The van der Waals surface area contributed by atoms with Gasteiger partial charge < -0.3 is 10.3 Å². The Bertz CT molecular complexity index is 554. The normalized spacial score (nSPS) is 10.8. The van der Waals surface area contributed by atoms with Crippen molar-refractivity contribution in [3.63, 3.8) is 0 Å². The molecular weight excluding hydrogens is 271 g/mol. The van der Waals surface area contributed by atoms with Crippen molar-refractivity contribution in [3.8, 4) is 0 Å². The molecule has 2 aromatic rings. The first-order chi connectivity index (χ1) is 10.1. The summed E-state index contributed by atoms with van der Waals surface area (Å²) in [7, 11) is 1.86. The number of amides is 1. The molecule has 2 N–H and O–H groups in total. The summed E-state index contributed by atoms with van der Waals surface area (Å²) in [6, 6.07) is 6.30. The van der Waals surface area contributed by atoms with E-state index in [1.54, 1.807) is 24.5 Å². The van der Waals surface area contributed by atoms with Gasteiger partial charge in [0.15, 0.2) is 0 Å². The Morgan fingerprint density at radius 2 is 2.14 bits per heavy atom. The van der Waals surface area contributed by atoms with Crippen LogP contribution in [0.3, 0.4) is 0 Å². The van der Waals surface area contributed by atoms with Gasteiger partial charge in [-0.3, -0.25) is 9.69 Å². The smallest absolute Gasteiger partial charge is 0.234 e. The Kier molecular flexibility index (Phi) is 5.45. The number of nitrogens with zero attached hydrogens (tertiary/aromatic N) is 2. The number of H-pyrrole nitrogens is 1. The molecule has 0 fully saturated rings. The SMILES string of the molecule is CN(CC(=O)NCCc1ccc(F)cc1)Cc1ncc[nH]1. The number of aromatic amines is 1. The van der Waals surface area contributed by atoms with Crippen LogP contribution in [0.4, 0.5) is 4.39 Å². The van der Waals surface area contributed by atoms with Crippen LogP contribution >= 0.6 is 0 Å². The molecule has 1 amide bonds. The number of carbonyl (C=O) groups excluding carboxylic acids is 1. The maximum atomic E-state index is 12.8. The van der Waals surface area contributed by atoms with Crippen molar-refractivity contribution < 1.29 is 9.18 Å². The highest BCUT2D eigenvalue weighted by molar-refractivity contribution is 5.77. The van der Waals surface area contributed by atoms with Crippen molar-refractivity contribution >= 4 is 5.91 Å². The lowest BCUT2D eigenvalue weighted by atomic mass is 10.1. The number of carbonyl (C=O) groups is 1. The van der Waals surface area contributed by atoms with Gasteiger partial charge >= 0.3 is 0 Å². The molecule has 0 aliphatic rings. The lowest BCUT2D eigenvalue weighted by molar-refractivity contribution is -0.122. The third-order valence-corrected chi connectivity index (χ3v) is 3.04. The van der Waals surface area contributed by atoms with Gasteiger partial charge in [-0.2, -0.15) is 0 Å². The van der Waals surface area contributed by atoms with Crippen molar-refractivity contribution in [2.24, 2.45) is 0 Å². The second-order valence-electron chi connectivity index (χ2n) is 4.93. The summed E-state index contributed by atoms with van der Waals surface area (Å²) in [5.74, 6) is 0.546. The Balaban J connectivity index is 1.66. The number of hydrogen-bond donors (Lipinski definition) is 2. The molecular formula is C15H19FN4O. The molecule has 21 heavy (non-hydrogen) atoms. The van der Waals surface area contributed by atoms with Crippen LogP contribution in [0.2, 0.25) is 0 Å². The van der Waals surface area contributed by atoms with E-state index in [0.29, 0.717) is 26.1 Å². The van der Waals surface area contributed by atoms with Crippen LogP contribution < -0.4 is 5.32 Å².